The number of aromatic nitrogens is 2. The van der Waals surface area contributed by atoms with Crippen LogP contribution in [0, 0.1) is 11.3 Å². The Morgan fingerprint density at radius 1 is 1.34 bits per heavy atom. The molecule has 2 heterocycles. The van der Waals surface area contributed by atoms with E-state index in [0.29, 0.717) is 18.0 Å². The first-order valence-corrected chi connectivity index (χ1v) is 13.5. The van der Waals surface area contributed by atoms with Crippen LogP contribution < -0.4 is 0 Å². The fourth-order valence-electron chi connectivity index (χ4n) is 2.48. The van der Waals surface area contributed by atoms with Crippen LogP contribution in [-0.2, 0) is 14.5 Å². The Morgan fingerprint density at radius 3 is 2.66 bits per heavy atom. The van der Waals surface area contributed by atoms with Crippen LogP contribution in [0.25, 0.3) is 11.3 Å². The highest BCUT2D eigenvalue weighted by Gasteiger charge is 2.16. The van der Waals surface area contributed by atoms with Crippen LogP contribution in [0.5, 0.6) is 0 Å². The van der Waals surface area contributed by atoms with Crippen LogP contribution in [0.4, 0.5) is 5.82 Å². The van der Waals surface area contributed by atoms with E-state index in [2.05, 4.69) is 29.3 Å². The molecule has 0 N–H and O–H groups in total. The number of nitriles is 1. The molecule has 0 aliphatic heterocycles. The van der Waals surface area contributed by atoms with Gasteiger partial charge in [-0.25, -0.2) is 14.2 Å². The Labute approximate surface area is 182 Å². The molecule has 0 atom stereocenters. The molecule has 0 amide bonds. The number of thioether (sulfide) groups is 2. The number of rotatable bonds is 9. The summed E-state index contributed by atoms with van der Waals surface area (Å²) in [5.41, 5.74) is 3.21. The molecule has 6 nitrogen and oxygen atoms in total. The Morgan fingerprint density at radius 2 is 2.10 bits per heavy atom. The van der Waals surface area contributed by atoms with E-state index in [9.17, 15) is 9.47 Å². The molecule has 0 fully saturated rings. The van der Waals surface area contributed by atoms with Gasteiger partial charge in [0.15, 0.2) is 5.82 Å². The molecule has 29 heavy (non-hydrogen) atoms. The largest absolute Gasteiger partial charge is 0.384 e. The van der Waals surface area contributed by atoms with Gasteiger partial charge in [0.2, 0.25) is 0 Å². The van der Waals surface area contributed by atoms with Crippen molar-refractivity contribution in [2.75, 3.05) is 37.1 Å². The fourth-order valence-corrected chi connectivity index (χ4v) is 5.04. The average Bonchev–Trinajstić information content (AvgIpc) is 2.66. The van der Waals surface area contributed by atoms with Crippen LogP contribution in [0.1, 0.15) is 30.9 Å². The third kappa shape index (κ3) is 7.30. The lowest BCUT2D eigenvalue weighted by Crippen LogP contribution is -2.01. The first-order valence-electron chi connectivity index (χ1n) is 9.03. The van der Waals surface area contributed by atoms with Crippen molar-refractivity contribution in [2.45, 2.75) is 24.8 Å². The lowest BCUT2D eigenvalue weighted by molar-refractivity contribution is 0.219. The molecule has 0 unspecified atom stereocenters. The van der Waals surface area contributed by atoms with Gasteiger partial charge in [-0.15, -0.1) is 11.8 Å². The number of hydrogen-bond acceptors (Lipinski definition) is 8. The molecule has 9 heteroatoms. The molecule has 0 aliphatic carbocycles. The van der Waals surface area contributed by atoms with Crippen molar-refractivity contribution in [3.8, 4) is 17.3 Å². The van der Waals surface area contributed by atoms with Crippen molar-refractivity contribution in [1.29, 1.82) is 5.26 Å². The first kappa shape index (κ1) is 23.7. The number of nitrogens with zero attached hydrogens (tertiary/aromatic N) is 4. The molecule has 2 aromatic rings. The Balaban J connectivity index is 2.39. The van der Waals surface area contributed by atoms with Crippen LogP contribution >= 0.6 is 23.5 Å². The van der Waals surface area contributed by atoms with Gasteiger partial charge < -0.3 is 4.74 Å². The number of methoxy groups -OCH3 is 1. The molecular weight excluding hydrogens is 424 g/mol. The van der Waals surface area contributed by atoms with E-state index in [1.807, 2.05) is 12.1 Å². The van der Waals surface area contributed by atoms with E-state index in [-0.39, 0.29) is 5.92 Å². The summed E-state index contributed by atoms with van der Waals surface area (Å²) in [7, 11) is -0.571. The lowest BCUT2D eigenvalue weighted by Gasteiger charge is -2.14. The minimum absolute atomic E-state index is 0.194. The highest BCUT2D eigenvalue weighted by atomic mass is 32.2. The average molecular weight is 451 g/mol. The zero-order chi connectivity index (χ0) is 21.4. The standard InChI is InChI=1S/C20H26N4O2S3/c1-14(2)16-10-18(15-6-7-19(22-12-15)24-29(4,5)25)23-20(17(16)11-21)28-13-27-9-8-26-3/h6-7,10,12,14H,8-9,13H2,1-5H3. The van der Waals surface area contributed by atoms with Gasteiger partial charge in [0.1, 0.15) is 11.1 Å². The van der Waals surface area contributed by atoms with E-state index < -0.39 is 9.73 Å². The van der Waals surface area contributed by atoms with Crippen molar-refractivity contribution in [2.24, 2.45) is 4.36 Å². The fraction of sp³-hybridized carbons (Fsp3) is 0.450. The second-order valence-electron chi connectivity index (χ2n) is 6.88. The number of pyridine rings is 2. The van der Waals surface area contributed by atoms with Gasteiger partial charge >= 0.3 is 0 Å². The van der Waals surface area contributed by atoms with Crippen LogP contribution in [0.2, 0.25) is 0 Å². The summed E-state index contributed by atoms with van der Waals surface area (Å²) in [5.74, 6) is 1.53. The lowest BCUT2D eigenvalue weighted by atomic mass is 9.97. The highest BCUT2D eigenvalue weighted by Crippen LogP contribution is 2.33. The molecule has 0 radical (unpaired) electrons. The molecule has 2 aromatic heterocycles. The summed E-state index contributed by atoms with van der Waals surface area (Å²) in [6.45, 7) is 4.84. The van der Waals surface area contributed by atoms with E-state index >= 15 is 0 Å². The van der Waals surface area contributed by atoms with E-state index in [4.69, 9.17) is 9.72 Å². The molecule has 0 aliphatic rings. The highest BCUT2D eigenvalue weighted by molar-refractivity contribution is 8.16. The van der Waals surface area contributed by atoms with Crippen LogP contribution in [-0.4, -0.2) is 51.2 Å². The molecule has 0 saturated carbocycles. The third-order valence-electron chi connectivity index (χ3n) is 3.82. The van der Waals surface area contributed by atoms with Crippen molar-refractivity contribution in [1.82, 2.24) is 9.97 Å². The first-order chi connectivity index (χ1) is 13.7. The molecule has 156 valence electrons. The quantitative estimate of drug-likeness (QED) is 0.304. The van der Waals surface area contributed by atoms with Gasteiger partial charge in [0.05, 0.1) is 17.9 Å². The molecular formula is C20H26N4O2S3. The monoisotopic (exact) mass is 450 g/mol. The van der Waals surface area contributed by atoms with E-state index in [1.165, 1.54) is 0 Å². The maximum atomic E-state index is 11.8. The topological polar surface area (TPSA) is 88.2 Å². The van der Waals surface area contributed by atoms with Gasteiger partial charge in [-0.05, 0) is 29.7 Å². The summed E-state index contributed by atoms with van der Waals surface area (Å²) in [6, 6.07) is 7.90. The summed E-state index contributed by atoms with van der Waals surface area (Å²) in [5, 5.41) is 11.2. The van der Waals surface area contributed by atoms with Crippen LogP contribution in [0.3, 0.4) is 0 Å². The normalized spacial score (nSPS) is 11.5. The van der Waals surface area contributed by atoms with E-state index in [1.54, 1.807) is 55.4 Å². The van der Waals surface area contributed by atoms with Crippen molar-refractivity contribution in [3.63, 3.8) is 0 Å². The van der Waals surface area contributed by atoms with Crippen molar-refractivity contribution < 1.29 is 8.95 Å². The summed E-state index contributed by atoms with van der Waals surface area (Å²) < 4.78 is 21.0. The van der Waals surface area contributed by atoms with Crippen LogP contribution in [0.15, 0.2) is 33.8 Å². The van der Waals surface area contributed by atoms with Gasteiger partial charge in [0.25, 0.3) is 0 Å². The Bertz CT molecular complexity index is 984. The van der Waals surface area contributed by atoms with Crippen molar-refractivity contribution >= 4 is 39.1 Å². The minimum Gasteiger partial charge on any atom is -0.384 e. The summed E-state index contributed by atoms with van der Waals surface area (Å²) in [4.78, 5) is 9.06. The summed E-state index contributed by atoms with van der Waals surface area (Å²) >= 11 is 3.32. The molecule has 0 bridgehead atoms. The second kappa shape index (κ2) is 11.0. The Kier molecular flexibility index (Phi) is 8.96. The second-order valence-corrected chi connectivity index (χ2v) is 11.9. The third-order valence-corrected chi connectivity index (χ3v) is 6.61. The summed E-state index contributed by atoms with van der Waals surface area (Å²) in [6.07, 6.45) is 4.84. The number of ether oxygens (including phenoxy) is 1. The van der Waals surface area contributed by atoms with E-state index in [0.717, 1.165) is 32.7 Å². The smallest absolute Gasteiger partial charge is 0.161 e. The Hall–Kier alpha value is -1.60. The molecule has 0 saturated heterocycles. The van der Waals surface area contributed by atoms with Gasteiger partial charge in [-0.3, -0.25) is 0 Å². The maximum Gasteiger partial charge on any atom is 0.161 e. The maximum absolute atomic E-state index is 11.8. The van der Waals surface area contributed by atoms with Crippen molar-refractivity contribution in [3.05, 3.63) is 35.5 Å². The molecule has 2 rings (SSSR count). The van der Waals surface area contributed by atoms with Gasteiger partial charge in [-0.1, -0.05) is 25.6 Å². The zero-order valence-corrected chi connectivity index (χ0v) is 19.8. The zero-order valence-electron chi connectivity index (χ0n) is 17.3. The predicted molar refractivity (Wildman–Crippen MR) is 123 cm³/mol. The molecule has 0 aromatic carbocycles. The minimum atomic E-state index is -2.26. The number of hydrogen-bond donors (Lipinski definition) is 0. The predicted octanol–water partition coefficient (Wildman–Crippen LogP) is 4.93. The van der Waals surface area contributed by atoms with Gasteiger partial charge in [0, 0.05) is 51.9 Å². The molecule has 0 spiro atoms. The van der Waals surface area contributed by atoms with Gasteiger partial charge in [-0.2, -0.15) is 9.62 Å². The SMILES string of the molecule is COCCSCSc1nc(-c2ccc(N=S(C)(C)=O)nc2)cc(C(C)C)c1C#N.